The Labute approximate surface area is 310 Å². The number of hydrogen-bond acceptors (Lipinski definition) is 10. The summed E-state index contributed by atoms with van der Waals surface area (Å²) < 4.78 is 11.3. The molecule has 3 fully saturated rings. The van der Waals surface area contributed by atoms with Crippen molar-refractivity contribution in [1.29, 1.82) is 0 Å². The van der Waals surface area contributed by atoms with Gasteiger partial charge < -0.3 is 34.4 Å². The van der Waals surface area contributed by atoms with Crippen LogP contribution >= 0.6 is 11.3 Å². The Hall–Kier alpha value is -3.97. The predicted molar refractivity (Wildman–Crippen MR) is 200 cm³/mol. The lowest BCUT2D eigenvalue weighted by Gasteiger charge is -2.42. The van der Waals surface area contributed by atoms with Crippen molar-refractivity contribution >= 4 is 35.1 Å². The fraction of sp³-hybridized carbons (Fsp3) is 0.615. The van der Waals surface area contributed by atoms with Crippen LogP contribution in [0.3, 0.4) is 0 Å². The minimum Gasteiger partial charge on any atom is -0.444 e. The van der Waals surface area contributed by atoms with Gasteiger partial charge in [0, 0.05) is 45.2 Å². The third-order valence-electron chi connectivity index (χ3n) is 10.6. The Morgan fingerprint density at radius 3 is 2.37 bits per heavy atom. The lowest BCUT2D eigenvalue weighted by Crippen LogP contribution is -2.52. The van der Waals surface area contributed by atoms with Gasteiger partial charge >= 0.3 is 6.09 Å². The lowest BCUT2D eigenvalue weighted by molar-refractivity contribution is -0.141. The van der Waals surface area contributed by atoms with Crippen molar-refractivity contribution in [3.63, 3.8) is 0 Å². The Bertz CT molecular complexity index is 1700. The minimum atomic E-state index is -0.795. The molecule has 5 heterocycles. The maximum Gasteiger partial charge on any atom is 0.410 e. The Balaban J connectivity index is 1.03. The van der Waals surface area contributed by atoms with Crippen LogP contribution in [0.1, 0.15) is 96.2 Å². The summed E-state index contributed by atoms with van der Waals surface area (Å²) in [4.78, 5) is 51.1. The average Bonchev–Trinajstić information content (AvgIpc) is 3.82. The second-order valence-electron chi connectivity index (χ2n) is 16.2. The molecule has 12 nitrogen and oxygen atoms in total. The van der Waals surface area contributed by atoms with Crippen LogP contribution in [0, 0.1) is 24.7 Å². The number of amides is 3. The Morgan fingerprint density at radius 1 is 1.06 bits per heavy atom. The number of carbonyl (C=O) groups excluding carboxylic acids is 3. The van der Waals surface area contributed by atoms with Gasteiger partial charge in [0.2, 0.25) is 11.8 Å². The SMILES string of the molecule is Cc1ncsc1-c1ccc([C@H](C)NC(=O)[C@@H]2C[C@@H](O)CN2C(=O)[C@H](c2cc(N3CCC(CC4CN(C(=O)OC(C)(C)C)C4)CC3)no2)C(C)C)cc1. The van der Waals surface area contributed by atoms with Crippen molar-refractivity contribution in [3.8, 4) is 10.4 Å². The number of hydrogen-bond donors (Lipinski definition) is 2. The van der Waals surface area contributed by atoms with E-state index < -0.39 is 23.7 Å². The molecule has 0 bridgehead atoms. The first-order valence-corrected chi connectivity index (χ1v) is 19.5. The number of aliphatic hydroxyl groups is 1. The number of aryl methyl sites for hydroxylation is 1. The van der Waals surface area contributed by atoms with Gasteiger partial charge in [0.15, 0.2) is 11.6 Å². The third kappa shape index (κ3) is 8.62. The van der Waals surface area contributed by atoms with Gasteiger partial charge in [-0.1, -0.05) is 43.3 Å². The van der Waals surface area contributed by atoms with Gasteiger partial charge in [-0.25, -0.2) is 9.78 Å². The summed E-state index contributed by atoms with van der Waals surface area (Å²) in [5.74, 6) is 0.969. The summed E-state index contributed by atoms with van der Waals surface area (Å²) in [5, 5.41) is 18.1. The Kier molecular flexibility index (Phi) is 11.3. The van der Waals surface area contributed by atoms with Crippen molar-refractivity contribution < 1.29 is 28.8 Å². The number of β-amino-alcohol motifs (C(OH)–C–C–N with tert-alkyl or cyclic N) is 1. The molecule has 4 atom stereocenters. The van der Waals surface area contributed by atoms with E-state index in [-0.39, 0.29) is 42.8 Å². The van der Waals surface area contributed by atoms with Crippen molar-refractivity contribution in [1.82, 2.24) is 25.3 Å². The summed E-state index contributed by atoms with van der Waals surface area (Å²) in [7, 11) is 0. The number of piperidine rings is 1. The van der Waals surface area contributed by atoms with E-state index in [9.17, 15) is 19.5 Å². The van der Waals surface area contributed by atoms with Crippen molar-refractivity contribution in [3.05, 3.63) is 52.9 Å². The lowest BCUT2D eigenvalue weighted by atomic mass is 9.84. The van der Waals surface area contributed by atoms with Crippen LogP contribution in [-0.4, -0.2) is 93.4 Å². The van der Waals surface area contributed by atoms with E-state index in [1.807, 2.05) is 84.3 Å². The van der Waals surface area contributed by atoms with E-state index in [4.69, 9.17) is 9.26 Å². The molecule has 3 saturated heterocycles. The van der Waals surface area contributed by atoms with Gasteiger partial charge in [-0.15, -0.1) is 11.3 Å². The molecule has 3 aliphatic rings. The van der Waals surface area contributed by atoms with Crippen LogP contribution in [0.5, 0.6) is 0 Å². The number of carbonyl (C=O) groups is 3. The van der Waals surface area contributed by atoms with E-state index >= 15 is 0 Å². The van der Waals surface area contributed by atoms with Crippen LogP contribution < -0.4 is 10.2 Å². The van der Waals surface area contributed by atoms with E-state index in [1.165, 1.54) is 4.90 Å². The van der Waals surface area contributed by atoms with Gasteiger partial charge in [-0.3, -0.25) is 9.59 Å². The number of aromatic nitrogens is 2. The largest absolute Gasteiger partial charge is 0.444 e. The van der Waals surface area contributed by atoms with Crippen molar-refractivity contribution in [2.45, 2.75) is 104 Å². The number of nitrogens with one attached hydrogen (secondary N) is 1. The molecular weight excluding hydrogens is 681 g/mol. The monoisotopic (exact) mass is 734 g/mol. The highest BCUT2D eigenvalue weighted by molar-refractivity contribution is 7.13. The van der Waals surface area contributed by atoms with E-state index in [0.29, 0.717) is 23.4 Å². The zero-order valence-electron chi connectivity index (χ0n) is 31.5. The highest BCUT2D eigenvalue weighted by Crippen LogP contribution is 2.36. The molecule has 1 aromatic carbocycles. The molecule has 0 radical (unpaired) electrons. The van der Waals surface area contributed by atoms with Crippen molar-refractivity contribution in [2.24, 2.45) is 17.8 Å². The topological polar surface area (TPSA) is 141 Å². The van der Waals surface area contributed by atoms with E-state index in [1.54, 1.807) is 16.2 Å². The molecular formula is C39H54N6O6S. The molecule has 0 unspecified atom stereocenters. The van der Waals surface area contributed by atoms with Crippen molar-refractivity contribution in [2.75, 3.05) is 37.6 Å². The molecule has 13 heteroatoms. The van der Waals surface area contributed by atoms with Crippen LogP contribution in [-0.2, 0) is 14.3 Å². The minimum absolute atomic E-state index is 0.0858. The maximum atomic E-state index is 14.2. The molecule has 3 aliphatic heterocycles. The molecule has 0 saturated carbocycles. The number of ether oxygens (including phenoxy) is 1. The summed E-state index contributed by atoms with van der Waals surface area (Å²) >= 11 is 1.60. The highest BCUT2D eigenvalue weighted by Gasteiger charge is 2.44. The quantitative estimate of drug-likeness (QED) is 0.251. The number of rotatable bonds is 10. The number of likely N-dealkylation sites (tertiary alicyclic amines) is 2. The Morgan fingerprint density at radius 2 is 1.75 bits per heavy atom. The zero-order valence-corrected chi connectivity index (χ0v) is 32.3. The van der Waals surface area contributed by atoms with Crippen LogP contribution in [0.15, 0.2) is 40.4 Å². The average molecular weight is 735 g/mol. The van der Waals surface area contributed by atoms with Crippen LogP contribution in [0.4, 0.5) is 10.6 Å². The number of thiazole rings is 1. The standard InChI is InChI=1S/C39H54N6O6S/c1-23(2)34(32-18-33(42-51-32)43-14-12-26(13-15-43)16-27-19-44(20-27)38(49)50-39(5,6)7)37(48)45-21-30(46)17-31(45)36(47)41-24(3)28-8-10-29(11-9-28)35-25(4)40-22-52-35/h8-11,18,22-24,26-27,30-31,34,46H,12-17,19-21H2,1-7H3,(H,41,47)/t24-,30+,31-,34-/m0/s1. The number of nitrogens with zero attached hydrogens (tertiary/aromatic N) is 5. The molecule has 0 spiro atoms. The first-order valence-electron chi connectivity index (χ1n) is 18.7. The zero-order chi connectivity index (χ0) is 37.3. The number of aliphatic hydroxyl groups excluding tert-OH is 1. The molecule has 6 rings (SSSR count). The first-order chi connectivity index (χ1) is 24.7. The van der Waals surface area contributed by atoms with Gasteiger partial charge in [0.1, 0.15) is 17.6 Å². The normalized spacial score (nSPS) is 21.3. The molecule has 3 amide bonds. The third-order valence-corrected chi connectivity index (χ3v) is 11.6. The highest BCUT2D eigenvalue weighted by atomic mass is 32.1. The molecule has 2 aromatic heterocycles. The van der Waals surface area contributed by atoms with Gasteiger partial charge in [0.05, 0.1) is 28.2 Å². The fourth-order valence-electron chi connectivity index (χ4n) is 7.75. The summed E-state index contributed by atoms with van der Waals surface area (Å²) in [6.07, 6.45) is 2.29. The van der Waals surface area contributed by atoms with Crippen LogP contribution in [0.2, 0.25) is 0 Å². The summed E-state index contributed by atoms with van der Waals surface area (Å²) in [6, 6.07) is 8.86. The van der Waals surface area contributed by atoms with Gasteiger partial charge in [-0.05, 0) is 82.8 Å². The smallest absolute Gasteiger partial charge is 0.410 e. The van der Waals surface area contributed by atoms with Crippen LogP contribution in [0.25, 0.3) is 10.4 Å². The molecule has 0 aliphatic carbocycles. The maximum absolute atomic E-state index is 14.2. The first kappa shape index (κ1) is 37.8. The second-order valence-corrected chi connectivity index (χ2v) is 17.1. The van der Waals surface area contributed by atoms with Gasteiger partial charge in [0.25, 0.3) is 0 Å². The summed E-state index contributed by atoms with van der Waals surface area (Å²) in [6.45, 7) is 16.8. The second kappa shape index (κ2) is 15.6. The number of anilines is 1. The van der Waals surface area contributed by atoms with E-state index in [0.717, 1.165) is 67.1 Å². The molecule has 2 N–H and O–H groups in total. The molecule has 3 aromatic rings. The molecule has 282 valence electrons. The van der Waals surface area contributed by atoms with Gasteiger partial charge in [-0.2, -0.15) is 0 Å². The summed E-state index contributed by atoms with van der Waals surface area (Å²) in [5.41, 5.74) is 4.37. The molecule has 52 heavy (non-hydrogen) atoms. The number of benzene rings is 1. The van der Waals surface area contributed by atoms with E-state index in [2.05, 4.69) is 20.4 Å². The fourth-order valence-corrected chi connectivity index (χ4v) is 8.57. The predicted octanol–water partition coefficient (Wildman–Crippen LogP) is 6.16.